The Morgan fingerprint density at radius 3 is 2.09 bits per heavy atom. The van der Waals surface area contributed by atoms with Crippen LogP contribution in [0.15, 0.2) is 60.7 Å². The van der Waals surface area contributed by atoms with Gasteiger partial charge in [-0.05, 0) is 53.9 Å². The Hall–Kier alpha value is -1.46. The van der Waals surface area contributed by atoms with Gasteiger partial charge in [-0.1, -0.05) is 81.4 Å². The van der Waals surface area contributed by atoms with Gasteiger partial charge in [0.15, 0.2) is 5.79 Å². The highest BCUT2D eigenvalue weighted by Crippen LogP contribution is 2.39. The van der Waals surface area contributed by atoms with Crippen LogP contribution in [0.4, 0.5) is 0 Å². The van der Waals surface area contributed by atoms with Gasteiger partial charge in [-0.3, -0.25) is 0 Å². The number of rotatable bonds is 7. The Kier molecular flexibility index (Phi) is 7.56. The van der Waals surface area contributed by atoms with E-state index in [-0.39, 0.29) is 10.8 Å². The lowest BCUT2D eigenvalue weighted by Gasteiger charge is -2.44. The molecular weight excluding hydrogens is 412 g/mol. The molecule has 2 aliphatic rings. The monoisotopic (exact) mass is 452 g/mol. The summed E-state index contributed by atoms with van der Waals surface area (Å²) in [5, 5.41) is 2.72. The van der Waals surface area contributed by atoms with Gasteiger partial charge in [0.1, 0.15) is 0 Å². The second-order valence-electron chi connectivity index (χ2n) is 10.5. The minimum absolute atomic E-state index is 0.0248. The maximum Gasteiger partial charge on any atom is 0.261 e. The van der Waals surface area contributed by atoms with Gasteiger partial charge in [0.25, 0.3) is 8.32 Å². The van der Waals surface area contributed by atoms with E-state index >= 15 is 0 Å². The zero-order valence-electron chi connectivity index (χ0n) is 20.1. The van der Waals surface area contributed by atoms with Crippen LogP contribution >= 0.6 is 0 Å². The van der Waals surface area contributed by atoms with Crippen LogP contribution in [-0.2, 0) is 13.9 Å². The summed E-state index contributed by atoms with van der Waals surface area (Å²) in [5.74, 6) is -0.292. The van der Waals surface area contributed by atoms with Gasteiger partial charge >= 0.3 is 0 Å². The van der Waals surface area contributed by atoms with Crippen LogP contribution in [0.3, 0.4) is 0 Å². The van der Waals surface area contributed by atoms with Crippen molar-refractivity contribution in [3.8, 4) is 0 Å². The highest BCUT2D eigenvalue weighted by molar-refractivity contribution is 6.99. The van der Waals surface area contributed by atoms with Gasteiger partial charge in [0.05, 0.1) is 12.7 Å². The fraction of sp³-hybridized carbons (Fsp3) is 0.571. The maximum absolute atomic E-state index is 7.05. The van der Waals surface area contributed by atoms with Gasteiger partial charge in [-0.2, -0.15) is 0 Å². The molecule has 0 unspecified atom stereocenters. The smallest absolute Gasteiger partial charge is 0.261 e. The first-order chi connectivity index (χ1) is 15.5. The molecule has 2 atom stereocenters. The molecule has 2 heterocycles. The van der Waals surface area contributed by atoms with Crippen molar-refractivity contribution in [1.82, 2.24) is 0 Å². The zero-order valence-corrected chi connectivity index (χ0v) is 21.1. The molecule has 2 saturated heterocycles. The van der Waals surface area contributed by atoms with E-state index in [4.69, 9.17) is 13.9 Å². The molecule has 2 aliphatic heterocycles. The molecule has 0 amide bonds. The van der Waals surface area contributed by atoms with Gasteiger partial charge in [-0.25, -0.2) is 0 Å². The Balaban J connectivity index is 1.46. The Morgan fingerprint density at radius 2 is 1.53 bits per heavy atom. The summed E-state index contributed by atoms with van der Waals surface area (Å²) >= 11 is 0. The van der Waals surface area contributed by atoms with Crippen molar-refractivity contribution < 1.29 is 13.9 Å². The Labute approximate surface area is 195 Å². The van der Waals surface area contributed by atoms with Gasteiger partial charge in [0.2, 0.25) is 0 Å². The molecule has 0 aliphatic carbocycles. The quantitative estimate of drug-likeness (QED) is 0.392. The molecule has 0 radical (unpaired) electrons. The minimum atomic E-state index is -2.44. The molecule has 2 fully saturated rings. The van der Waals surface area contributed by atoms with Crippen molar-refractivity contribution in [2.75, 3.05) is 13.2 Å². The highest BCUT2D eigenvalue weighted by atomic mass is 28.4. The summed E-state index contributed by atoms with van der Waals surface area (Å²) in [7, 11) is -2.44. The van der Waals surface area contributed by atoms with Crippen LogP contribution < -0.4 is 10.4 Å². The molecule has 0 saturated carbocycles. The molecule has 4 heteroatoms. The first kappa shape index (κ1) is 23.7. The number of benzene rings is 2. The lowest BCUT2D eigenvalue weighted by molar-refractivity contribution is -0.295. The zero-order chi connectivity index (χ0) is 22.5. The molecular formula is C28H40O3Si. The van der Waals surface area contributed by atoms with Crippen LogP contribution in [0, 0.1) is 0 Å². The lowest BCUT2D eigenvalue weighted by Crippen LogP contribution is -2.66. The Bertz CT molecular complexity index is 780. The van der Waals surface area contributed by atoms with E-state index in [1.54, 1.807) is 0 Å². The molecule has 3 nitrogen and oxygen atoms in total. The molecule has 2 aromatic carbocycles. The molecule has 0 aromatic heterocycles. The molecule has 0 N–H and O–H groups in total. The number of hydrogen-bond donors (Lipinski definition) is 0. The topological polar surface area (TPSA) is 27.7 Å². The maximum atomic E-state index is 7.05. The van der Waals surface area contributed by atoms with Crippen molar-refractivity contribution in [3.05, 3.63) is 60.7 Å². The fourth-order valence-corrected chi connectivity index (χ4v) is 10.2. The Morgan fingerprint density at radius 1 is 0.906 bits per heavy atom. The van der Waals surface area contributed by atoms with Crippen LogP contribution in [0.5, 0.6) is 0 Å². The van der Waals surface area contributed by atoms with Crippen LogP contribution in [0.25, 0.3) is 0 Å². The van der Waals surface area contributed by atoms with E-state index in [0.717, 1.165) is 45.3 Å². The first-order valence-electron chi connectivity index (χ1n) is 12.5. The summed E-state index contributed by atoms with van der Waals surface area (Å²) in [6.45, 7) is 8.64. The molecule has 0 bridgehead atoms. The summed E-state index contributed by atoms with van der Waals surface area (Å²) in [6, 6.07) is 21.8. The summed E-state index contributed by atoms with van der Waals surface area (Å²) < 4.78 is 19.7. The average molecular weight is 453 g/mol. The second kappa shape index (κ2) is 10.2. The van der Waals surface area contributed by atoms with Crippen LogP contribution in [0.1, 0.15) is 72.1 Å². The van der Waals surface area contributed by atoms with Crippen molar-refractivity contribution in [1.29, 1.82) is 0 Å². The third-order valence-corrected chi connectivity index (χ3v) is 12.2. The van der Waals surface area contributed by atoms with Crippen molar-refractivity contribution >= 4 is 18.7 Å². The largest absolute Gasteiger partial charge is 0.407 e. The SMILES string of the molecule is CC(C)(C)[Si](OCCC[C@@H]1CCC[C@]2(CCCCO2)O1)(c1ccccc1)c1ccccc1. The lowest BCUT2D eigenvalue weighted by atomic mass is 9.93. The number of ether oxygens (including phenoxy) is 2. The third kappa shape index (κ3) is 5.04. The predicted octanol–water partition coefficient (Wildman–Crippen LogP) is 5.81. The van der Waals surface area contributed by atoms with Crippen molar-refractivity contribution in [2.24, 2.45) is 0 Å². The van der Waals surface area contributed by atoms with Crippen LogP contribution in [-0.4, -0.2) is 33.4 Å². The fourth-order valence-electron chi connectivity index (χ4n) is 5.64. The van der Waals surface area contributed by atoms with E-state index in [1.807, 2.05) is 0 Å². The summed E-state index contributed by atoms with van der Waals surface area (Å²) in [6.07, 6.45) is 9.22. The minimum Gasteiger partial charge on any atom is -0.407 e. The molecule has 2 aromatic rings. The average Bonchev–Trinajstić information content (AvgIpc) is 2.80. The van der Waals surface area contributed by atoms with E-state index < -0.39 is 8.32 Å². The summed E-state index contributed by atoms with van der Waals surface area (Å²) in [4.78, 5) is 0. The van der Waals surface area contributed by atoms with E-state index in [2.05, 4.69) is 81.4 Å². The number of hydrogen-bond acceptors (Lipinski definition) is 3. The normalized spacial score (nSPS) is 24.5. The standard InChI is InChI=1S/C28H40O3Si/c1-27(2,3)32(25-16-6-4-7-17-25,26-18-8-5-9-19-26)30-23-13-15-24-14-12-21-28(31-24)20-10-11-22-29-28/h4-9,16-19,24H,10-15,20-23H2,1-3H3/t24-,28-/m0/s1. The summed E-state index contributed by atoms with van der Waals surface area (Å²) in [5.41, 5.74) is 0. The predicted molar refractivity (Wildman–Crippen MR) is 134 cm³/mol. The van der Waals surface area contributed by atoms with Gasteiger partial charge < -0.3 is 13.9 Å². The van der Waals surface area contributed by atoms with E-state index in [9.17, 15) is 0 Å². The van der Waals surface area contributed by atoms with E-state index in [0.29, 0.717) is 6.10 Å². The van der Waals surface area contributed by atoms with Gasteiger partial charge in [-0.15, -0.1) is 0 Å². The third-order valence-electron chi connectivity index (χ3n) is 7.19. The van der Waals surface area contributed by atoms with Crippen molar-refractivity contribution in [2.45, 2.75) is 89.1 Å². The molecule has 4 rings (SSSR count). The van der Waals surface area contributed by atoms with Crippen LogP contribution in [0.2, 0.25) is 5.04 Å². The first-order valence-corrected chi connectivity index (χ1v) is 14.4. The highest BCUT2D eigenvalue weighted by Gasteiger charge is 2.50. The van der Waals surface area contributed by atoms with E-state index in [1.165, 1.54) is 29.6 Å². The molecule has 1 spiro atoms. The van der Waals surface area contributed by atoms with Gasteiger partial charge in [0, 0.05) is 19.4 Å². The second-order valence-corrected chi connectivity index (χ2v) is 14.8. The molecule has 174 valence electrons. The van der Waals surface area contributed by atoms with Crippen molar-refractivity contribution in [3.63, 3.8) is 0 Å². The molecule has 32 heavy (non-hydrogen) atoms.